The van der Waals surface area contributed by atoms with Gasteiger partial charge in [-0.2, -0.15) is 0 Å². The van der Waals surface area contributed by atoms with Crippen molar-refractivity contribution in [3.63, 3.8) is 0 Å². The zero-order valence-corrected chi connectivity index (χ0v) is 10.3. The van der Waals surface area contributed by atoms with Crippen LogP contribution in [-0.2, 0) is 9.53 Å². The van der Waals surface area contributed by atoms with Crippen LogP contribution < -0.4 is 5.32 Å². The summed E-state index contributed by atoms with van der Waals surface area (Å²) in [6.07, 6.45) is 0.462. The number of carbonyl (C=O) groups is 2. The molecule has 0 saturated carbocycles. The number of benzene rings is 1. The Hall–Kier alpha value is -2.56. The van der Waals surface area contributed by atoms with Crippen LogP contribution in [0.3, 0.4) is 0 Å². The third kappa shape index (κ3) is 3.45. The number of anilines is 1. The molecule has 19 heavy (non-hydrogen) atoms. The molecule has 98 valence electrons. The van der Waals surface area contributed by atoms with E-state index < -0.39 is 18.0 Å². The van der Waals surface area contributed by atoms with E-state index in [1.165, 1.54) is 19.3 Å². The third-order valence-corrected chi connectivity index (χ3v) is 2.42. The topological polar surface area (TPSA) is 68.5 Å². The van der Waals surface area contributed by atoms with Gasteiger partial charge >= 0.3 is 5.97 Å². The first kappa shape index (κ1) is 12.9. The van der Waals surface area contributed by atoms with Crippen LogP contribution >= 0.6 is 0 Å². The van der Waals surface area contributed by atoms with Crippen molar-refractivity contribution in [2.75, 3.05) is 5.32 Å². The Labute approximate surface area is 110 Å². The Morgan fingerprint density at radius 1 is 1.16 bits per heavy atom. The van der Waals surface area contributed by atoms with Crippen molar-refractivity contribution < 1.29 is 18.7 Å². The Bertz CT molecular complexity index is 548. The molecule has 1 amide bonds. The molecule has 5 nitrogen and oxygen atoms in total. The monoisotopic (exact) mass is 259 g/mol. The smallest absolute Gasteiger partial charge is 0.374 e. The summed E-state index contributed by atoms with van der Waals surface area (Å²) in [4.78, 5) is 23.4. The van der Waals surface area contributed by atoms with Gasteiger partial charge in [0.25, 0.3) is 5.91 Å². The molecule has 2 aromatic rings. The third-order valence-electron chi connectivity index (χ3n) is 2.42. The summed E-state index contributed by atoms with van der Waals surface area (Å²) < 4.78 is 9.87. The van der Waals surface area contributed by atoms with E-state index in [1.54, 1.807) is 30.3 Å². The molecular formula is C14H13NO4. The second kappa shape index (κ2) is 5.86. The highest BCUT2D eigenvalue weighted by atomic mass is 16.6. The van der Waals surface area contributed by atoms with E-state index in [0.29, 0.717) is 5.69 Å². The molecule has 0 fully saturated rings. The molecule has 5 heteroatoms. The number of hydrogen-bond acceptors (Lipinski definition) is 4. The standard InChI is InChI=1S/C14H13NO4/c1-10(19-14(17)12-8-5-9-18-12)13(16)15-11-6-3-2-4-7-11/h2-10H,1H3,(H,15,16). The van der Waals surface area contributed by atoms with E-state index in [9.17, 15) is 9.59 Å². The van der Waals surface area contributed by atoms with E-state index in [-0.39, 0.29) is 5.76 Å². The van der Waals surface area contributed by atoms with E-state index in [0.717, 1.165) is 0 Å². The van der Waals surface area contributed by atoms with Crippen molar-refractivity contribution in [3.05, 3.63) is 54.5 Å². The number of hydrogen-bond donors (Lipinski definition) is 1. The highest BCUT2D eigenvalue weighted by Crippen LogP contribution is 2.08. The van der Waals surface area contributed by atoms with Gasteiger partial charge in [-0.3, -0.25) is 4.79 Å². The van der Waals surface area contributed by atoms with E-state index in [1.807, 2.05) is 6.07 Å². The summed E-state index contributed by atoms with van der Waals surface area (Å²) in [5.41, 5.74) is 0.647. The highest BCUT2D eigenvalue weighted by molar-refractivity contribution is 5.96. The number of carbonyl (C=O) groups excluding carboxylic acids is 2. The molecule has 1 atom stereocenters. The number of para-hydroxylation sites is 1. The molecule has 1 unspecified atom stereocenters. The van der Waals surface area contributed by atoms with Gasteiger partial charge in [-0.1, -0.05) is 18.2 Å². The van der Waals surface area contributed by atoms with Crippen LogP contribution in [0.25, 0.3) is 0 Å². The number of furan rings is 1. The van der Waals surface area contributed by atoms with Gasteiger partial charge < -0.3 is 14.5 Å². The lowest BCUT2D eigenvalue weighted by molar-refractivity contribution is -0.123. The maximum Gasteiger partial charge on any atom is 0.374 e. The molecule has 0 bridgehead atoms. The van der Waals surface area contributed by atoms with Gasteiger partial charge in [-0.15, -0.1) is 0 Å². The number of ether oxygens (including phenoxy) is 1. The molecule has 0 radical (unpaired) electrons. The largest absolute Gasteiger partial charge is 0.457 e. The first-order chi connectivity index (χ1) is 9.16. The Kier molecular flexibility index (Phi) is 3.97. The minimum Gasteiger partial charge on any atom is -0.457 e. The summed E-state index contributed by atoms with van der Waals surface area (Å²) in [7, 11) is 0. The Balaban J connectivity index is 1.91. The predicted molar refractivity (Wildman–Crippen MR) is 68.7 cm³/mol. The molecule has 0 aliphatic carbocycles. The predicted octanol–water partition coefficient (Wildman–Crippen LogP) is 2.46. The van der Waals surface area contributed by atoms with Gasteiger partial charge in [0.05, 0.1) is 6.26 Å². The zero-order chi connectivity index (χ0) is 13.7. The molecule has 2 rings (SSSR count). The highest BCUT2D eigenvalue weighted by Gasteiger charge is 2.20. The molecule has 0 aliphatic heterocycles. The lowest BCUT2D eigenvalue weighted by Crippen LogP contribution is -2.29. The molecule has 1 heterocycles. The van der Waals surface area contributed by atoms with Crippen LogP contribution in [-0.4, -0.2) is 18.0 Å². The minimum absolute atomic E-state index is 0.0689. The van der Waals surface area contributed by atoms with Gasteiger partial charge in [0.15, 0.2) is 6.10 Å². The maximum absolute atomic E-state index is 11.8. The summed E-state index contributed by atoms with van der Waals surface area (Å²) in [5, 5.41) is 2.65. The lowest BCUT2D eigenvalue weighted by atomic mass is 10.3. The number of rotatable bonds is 4. The van der Waals surface area contributed by atoms with Gasteiger partial charge in [0.2, 0.25) is 5.76 Å². The number of amides is 1. The van der Waals surface area contributed by atoms with Crippen molar-refractivity contribution in [3.8, 4) is 0 Å². The van der Waals surface area contributed by atoms with Crippen molar-refractivity contribution in [1.29, 1.82) is 0 Å². The fourth-order valence-electron chi connectivity index (χ4n) is 1.43. The summed E-state index contributed by atoms with van der Waals surface area (Å²) in [6.45, 7) is 1.50. The fourth-order valence-corrected chi connectivity index (χ4v) is 1.43. The molecule has 0 aliphatic rings. The molecule has 0 spiro atoms. The first-order valence-electron chi connectivity index (χ1n) is 5.77. The SMILES string of the molecule is CC(OC(=O)c1ccco1)C(=O)Nc1ccccc1. The average molecular weight is 259 g/mol. The normalized spacial score (nSPS) is 11.6. The van der Waals surface area contributed by atoms with E-state index >= 15 is 0 Å². The molecule has 0 saturated heterocycles. The molecule has 1 aromatic carbocycles. The van der Waals surface area contributed by atoms with Gasteiger partial charge in [-0.25, -0.2) is 4.79 Å². The average Bonchev–Trinajstić information content (AvgIpc) is 2.93. The van der Waals surface area contributed by atoms with Crippen molar-refractivity contribution in [2.24, 2.45) is 0 Å². The number of esters is 1. The minimum atomic E-state index is -0.905. The van der Waals surface area contributed by atoms with Crippen LogP contribution in [0.5, 0.6) is 0 Å². The van der Waals surface area contributed by atoms with E-state index in [4.69, 9.17) is 9.15 Å². The Morgan fingerprint density at radius 3 is 2.53 bits per heavy atom. The second-order valence-electron chi connectivity index (χ2n) is 3.88. The van der Waals surface area contributed by atoms with Gasteiger partial charge in [0.1, 0.15) is 0 Å². The summed E-state index contributed by atoms with van der Waals surface area (Å²) >= 11 is 0. The van der Waals surface area contributed by atoms with Crippen molar-refractivity contribution in [1.82, 2.24) is 0 Å². The fraction of sp³-hybridized carbons (Fsp3) is 0.143. The quantitative estimate of drug-likeness (QED) is 0.856. The van der Waals surface area contributed by atoms with Crippen LogP contribution in [0.15, 0.2) is 53.1 Å². The van der Waals surface area contributed by atoms with Gasteiger partial charge in [-0.05, 0) is 31.2 Å². The Morgan fingerprint density at radius 2 is 1.89 bits per heavy atom. The van der Waals surface area contributed by atoms with Gasteiger partial charge in [0, 0.05) is 5.69 Å². The number of nitrogens with one attached hydrogen (secondary N) is 1. The molecule has 1 aromatic heterocycles. The summed E-state index contributed by atoms with van der Waals surface area (Å²) in [6, 6.07) is 12.0. The van der Waals surface area contributed by atoms with Crippen LogP contribution in [0.2, 0.25) is 0 Å². The van der Waals surface area contributed by atoms with Crippen molar-refractivity contribution in [2.45, 2.75) is 13.0 Å². The molecule has 1 N–H and O–H groups in total. The molecular weight excluding hydrogens is 246 g/mol. The maximum atomic E-state index is 11.8. The van der Waals surface area contributed by atoms with E-state index in [2.05, 4.69) is 5.32 Å². The first-order valence-corrected chi connectivity index (χ1v) is 5.77. The zero-order valence-electron chi connectivity index (χ0n) is 10.3. The van der Waals surface area contributed by atoms with Crippen LogP contribution in [0, 0.1) is 0 Å². The van der Waals surface area contributed by atoms with Crippen LogP contribution in [0.4, 0.5) is 5.69 Å². The second-order valence-corrected chi connectivity index (χ2v) is 3.88. The van der Waals surface area contributed by atoms with Crippen LogP contribution in [0.1, 0.15) is 17.5 Å². The lowest BCUT2D eigenvalue weighted by Gasteiger charge is -2.12. The van der Waals surface area contributed by atoms with Crippen molar-refractivity contribution >= 4 is 17.6 Å². The summed E-state index contributed by atoms with van der Waals surface area (Å²) in [5.74, 6) is -0.994.